The Morgan fingerprint density at radius 1 is 1.62 bits per heavy atom. The van der Waals surface area contributed by atoms with Gasteiger partial charge >= 0.3 is 0 Å². The first kappa shape index (κ1) is 7.84. The summed E-state index contributed by atoms with van der Waals surface area (Å²) in [5.41, 5.74) is 4.47. The van der Waals surface area contributed by atoms with E-state index in [9.17, 15) is 5.21 Å². The van der Waals surface area contributed by atoms with E-state index in [0.29, 0.717) is 0 Å². The van der Waals surface area contributed by atoms with Crippen LogP contribution in [0.2, 0.25) is 0 Å². The molecule has 0 aliphatic heterocycles. The SMILES string of the molecule is C[NH+]([O-])OC(C)(C)N. The van der Waals surface area contributed by atoms with E-state index < -0.39 is 5.72 Å². The Morgan fingerprint density at radius 3 is 2.00 bits per heavy atom. The number of quaternary nitrogens is 1. The molecule has 0 saturated heterocycles. The van der Waals surface area contributed by atoms with Crippen LogP contribution in [0.3, 0.4) is 0 Å². The molecule has 8 heavy (non-hydrogen) atoms. The van der Waals surface area contributed by atoms with Crippen molar-refractivity contribution in [1.82, 2.24) is 0 Å². The highest BCUT2D eigenvalue weighted by atomic mass is 16.9. The Hall–Kier alpha value is -0.160. The maximum atomic E-state index is 10.2. The first-order chi connectivity index (χ1) is 3.42. The minimum atomic E-state index is -0.828. The van der Waals surface area contributed by atoms with Gasteiger partial charge in [0.2, 0.25) is 0 Å². The second kappa shape index (κ2) is 2.41. The lowest BCUT2D eigenvalue weighted by Gasteiger charge is -2.23. The molecule has 0 aromatic rings. The van der Waals surface area contributed by atoms with Crippen molar-refractivity contribution in [2.45, 2.75) is 19.6 Å². The molecule has 0 aromatic carbocycles. The maximum Gasteiger partial charge on any atom is 0.170 e. The lowest BCUT2D eigenvalue weighted by Crippen LogP contribution is -3.04. The van der Waals surface area contributed by atoms with Gasteiger partial charge in [0.15, 0.2) is 5.72 Å². The lowest BCUT2D eigenvalue weighted by molar-refractivity contribution is -1.05. The predicted molar refractivity (Wildman–Crippen MR) is 29.6 cm³/mol. The van der Waals surface area contributed by atoms with E-state index in [-0.39, 0.29) is 5.23 Å². The molecule has 0 rings (SSSR count). The Balaban J connectivity index is 3.39. The number of nitrogens with one attached hydrogen (secondary N) is 1. The molecule has 0 aliphatic rings. The molecule has 0 aliphatic carbocycles. The van der Waals surface area contributed by atoms with Crippen molar-refractivity contribution in [3.8, 4) is 0 Å². The van der Waals surface area contributed by atoms with Gasteiger partial charge in [0, 0.05) is 0 Å². The molecule has 50 valence electrons. The number of hydrogen-bond acceptors (Lipinski definition) is 3. The first-order valence-corrected chi connectivity index (χ1v) is 2.40. The largest absolute Gasteiger partial charge is 0.600 e. The van der Waals surface area contributed by atoms with E-state index in [0.717, 1.165) is 0 Å². The fraction of sp³-hybridized carbons (Fsp3) is 1.00. The Labute approximate surface area is 48.7 Å². The van der Waals surface area contributed by atoms with Gasteiger partial charge < -0.3 is 5.21 Å². The molecule has 0 radical (unpaired) electrons. The summed E-state index contributed by atoms with van der Waals surface area (Å²) in [6.07, 6.45) is 0. The maximum absolute atomic E-state index is 10.2. The van der Waals surface area contributed by atoms with Crippen molar-refractivity contribution in [2.24, 2.45) is 5.73 Å². The van der Waals surface area contributed by atoms with Crippen LogP contribution < -0.4 is 11.0 Å². The van der Waals surface area contributed by atoms with Gasteiger partial charge in [-0.1, -0.05) is 0 Å². The number of rotatable bonds is 2. The standard InChI is InChI=1S/C4H12N2O2/c1-4(2,5)8-6(3)7/h6H,5H2,1-3H3. The van der Waals surface area contributed by atoms with Crippen molar-refractivity contribution < 1.29 is 10.1 Å². The van der Waals surface area contributed by atoms with Crippen molar-refractivity contribution in [3.05, 3.63) is 5.21 Å². The summed E-state index contributed by atoms with van der Waals surface area (Å²) < 4.78 is 0. The van der Waals surface area contributed by atoms with Crippen LogP contribution in [0.15, 0.2) is 0 Å². The topological polar surface area (TPSA) is 62.8 Å². The molecule has 0 saturated carbocycles. The smallest absolute Gasteiger partial charge is 0.170 e. The van der Waals surface area contributed by atoms with Crippen molar-refractivity contribution in [3.63, 3.8) is 0 Å². The van der Waals surface area contributed by atoms with Crippen LogP contribution in [0.25, 0.3) is 0 Å². The summed E-state index contributed by atoms with van der Waals surface area (Å²) in [5, 5.41) is 9.81. The molecule has 0 heterocycles. The van der Waals surface area contributed by atoms with E-state index in [2.05, 4.69) is 4.84 Å². The minimum absolute atomic E-state index is 0.350. The normalized spacial score (nSPS) is 16.1. The number of nitrogens with two attached hydrogens (primary N) is 1. The highest BCUT2D eigenvalue weighted by Crippen LogP contribution is 1.90. The average Bonchev–Trinajstić information content (AvgIpc) is 1.21. The summed E-state index contributed by atoms with van der Waals surface area (Å²) >= 11 is 0. The molecule has 1 unspecified atom stereocenters. The molecule has 0 bridgehead atoms. The summed E-state index contributed by atoms with van der Waals surface area (Å²) in [7, 11) is 1.33. The van der Waals surface area contributed by atoms with E-state index in [4.69, 9.17) is 5.73 Å². The van der Waals surface area contributed by atoms with Gasteiger partial charge in [0.1, 0.15) is 0 Å². The highest BCUT2D eigenvalue weighted by molar-refractivity contribution is 4.50. The zero-order valence-corrected chi connectivity index (χ0v) is 5.39. The molecule has 4 heteroatoms. The van der Waals surface area contributed by atoms with Gasteiger partial charge in [-0.2, -0.15) is 4.84 Å². The van der Waals surface area contributed by atoms with Gasteiger partial charge in [0.05, 0.1) is 7.05 Å². The number of hydrogen-bond donors (Lipinski definition) is 2. The molecule has 1 atom stereocenters. The van der Waals surface area contributed by atoms with Crippen LogP contribution in [-0.4, -0.2) is 12.8 Å². The second-order valence-corrected chi connectivity index (χ2v) is 2.20. The zero-order chi connectivity index (χ0) is 6.78. The Bertz CT molecular complexity index is 66.9. The van der Waals surface area contributed by atoms with Crippen molar-refractivity contribution >= 4 is 0 Å². The van der Waals surface area contributed by atoms with Crippen LogP contribution in [0.4, 0.5) is 0 Å². The van der Waals surface area contributed by atoms with E-state index in [1.165, 1.54) is 7.05 Å². The quantitative estimate of drug-likeness (QED) is 0.349. The fourth-order valence-electron chi connectivity index (χ4n) is 0.370. The first-order valence-electron chi connectivity index (χ1n) is 2.40. The summed E-state index contributed by atoms with van der Waals surface area (Å²) in [5.74, 6) is 0. The van der Waals surface area contributed by atoms with Gasteiger partial charge in [-0.15, -0.1) is 0 Å². The average molecular weight is 120 g/mol. The molecular formula is C4H12N2O2. The van der Waals surface area contributed by atoms with Crippen LogP contribution in [-0.2, 0) is 4.84 Å². The lowest BCUT2D eigenvalue weighted by atomic mass is 10.3. The third-order valence-electron chi connectivity index (χ3n) is 0.407. The molecule has 3 N–H and O–H groups in total. The zero-order valence-electron chi connectivity index (χ0n) is 5.39. The molecule has 0 aromatic heterocycles. The Morgan fingerprint density at radius 2 is 2.00 bits per heavy atom. The summed E-state index contributed by atoms with van der Waals surface area (Å²) in [6.45, 7) is 3.24. The van der Waals surface area contributed by atoms with Gasteiger partial charge in [-0.25, -0.2) is 5.23 Å². The molecule has 4 nitrogen and oxygen atoms in total. The number of hydroxylamine groups is 2. The van der Waals surface area contributed by atoms with Crippen LogP contribution >= 0.6 is 0 Å². The third-order valence-corrected chi connectivity index (χ3v) is 0.407. The summed E-state index contributed by atoms with van der Waals surface area (Å²) in [6, 6.07) is 0. The molecule has 0 spiro atoms. The van der Waals surface area contributed by atoms with E-state index >= 15 is 0 Å². The van der Waals surface area contributed by atoms with Gasteiger partial charge in [-0.3, -0.25) is 5.73 Å². The van der Waals surface area contributed by atoms with Crippen LogP contribution in [0.1, 0.15) is 13.8 Å². The van der Waals surface area contributed by atoms with Crippen molar-refractivity contribution in [1.29, 1.82) is 0 Å². The fourth-order valence-corrected chi connectivity index (χ4v) is 0.370. The minimum Gasteiger partial charge on any atom is -0.600 e. The van der Waals surface area contributed by atoms with E-state index in [1.807, 2.05) is 0 Å². The predicted octanol–water partition coefficient (Wildman–Crippen LogP) is -1.37. The van der Waals surface area contributed by atoms with Gasteiger partial charge in [0.25, 0.3) is 0 Å². The van der Waals surface area contributed by atoms with Crippen molar-refractivity contribution in [2.75, 3.05) is 7.05 Å². The van der Waals surface area contributed by atoms with Gasteiger partial charge in [-0.05, 0) is 13.8 Å². The second-order valence-electron chi connectivity index (χ2n) is 2.20. The molecule has 0 amide bonds. The Kier molecular flexibility index (Phi) is 2.36. The third kappa shape index (κ3) is 5.84. The molecular weight excluding hydrogens is 108 g/mol. The van der Waals surface area contributed by atoms with E-state index in [1.54, 1.807) is 13.8 Å². The molecule has 0 fully saturated rings. The van der Waals surface area contributed by atoms with Crippen LogP contribution in [0.5, 0.6) is 0 Å². The monoisotopic (exact) mass is 120 g/mol. The summed E-state index contributed by atoms with van der Waals surface area (Å²) in [4.78, 5) is 4.58. The van der Waals surface area contributed by atoms with Crippen LogP contribution in [0, 0.1) is 5.21 Å². The highest BCUT2D eigenvalue weighted by Gasteiger charge is 2.13.